The Morgan fingerprint density at radius 1 is 1.03 bits per heavy atom. The molecule has 190 valence electrons. The highest BCUT2D eigenvalue weighted by Gasteiger charge is 2.45. The largest absolute Gasteiger partial charge is 0.457 e. The van der Waals surface area contributed by atoms with Gasteiger partial charge in [-0.05, 0) is 30.2 Å². The van der Waals surface area contributed by atoms with E-state index in [1.165, 1.54) is 24.3 Å². The number of hydrogen-bond donors (Lipinski definition) is 0. The molecule has 2 amide bonds. The average Bonchev–Trinajstić information content (AvgIpc) is 3.52. The van der Waals surface area contributed by atoms with Crippen LogP contribution in [0.3, 0.4) is 0 Å². The predicted molar refractivity (Wildman–Crippen MR) is 137 cm³/mol. The molecule has 2 aromatic carbocycles. The summed E-state index contributed by atoms with van der Waals surface area (Å²) in [6.07, 6.45) is 1.48. The maximum absolute atomic E-state index is 13.8. The van der Waals surface area contributed by atoms with Crippen LogP contribution in [0.1, 0.15) is 17.7 Å². The van der Waals surface area contributed by atoms with Crippen LogP contribution in [-0.2, 0) is 19.4 Å². The van der Waals surface area contributed by atoms with Crippen molar-refractivity contribution in [2.75, 3.05) is 11.5 Å². The van der Waals surface area contributed by atoms with Gasteiger partial charge in [-0.2, -0.15) is 5.26 Å². The molecule has 1 fully saturated rings. The smallest absolute Gasteiger partial charge is 0.272 e. The van der Waals surface area contributed by atoms with Gasteiger partial charge in [0.25, 0.3) is 17.5 Å². The molecule has 0 bridgehead atoms. The van der Waals surface area contributed by atoms with E-state index in [0.717, 1.165) is 4.90 Å². The van der Waals surface area contributed by atoms with Crippen molar-refractivity contribution in [3.8, 4) is 17.4 Å². The Morgan fingerprint density at radius 2 is 1.76 bits per heavy atom. The van der Waals surface area contributed by atoms with Crippen LogP contribution < -0.4 is 0 Å². The first-order chi connectivity index (χ1) is 18.2. The standard InChI is InChI=1S/C27H19N3O7S/c28-15-23-25(17-5-2-1-3-6-17)22(26(31)29(27(23)32)20-11-12-38(35,36)16-20)14-21-9-10-24(37-21)18-7-4-8-19(13-18)30(33)34/h1-10,13-14,20H,11-12,16H2/b22-14+. The highest BCUT2D eigenvalue weighted by molar-refractivity contribution is 7.91. The number of hydrogen-bond acceptors (Lipinski definition) is 8. The van der Waals surface area contributed by atoms with Crippen molar-refractivity contribution < 1.29 is 27.3 Å². The molecule has 5 rings (SSSR count). The zero-order valence-corrected chi connectivity index (χ0v) is 20.6. The third kappa shape index (κ3) is 4.53. The van der Waals surface area contributed by atoms with Crippen LogP contribution in [0, 0.1) is 21.4 Å². The van der Waals surface area contributed by atoms with Gasteiger partial charge in [0.05, 0.1) is 28.0 Å². The lowest BCUT2D eigenvalue weighted by molar-refractivity contribution is -0.384. The van der Waals surface area contributed by atoms with E-state index in [9.17, 15) is 33.4 Å². The van der Waals surface area contributed by atoms with E-state index in [0.29, 0.717) is 16.9 Å². The van der Waals surface area contributed by atoms with Gasteiger partial charge in [0.15, 0.2) is 9.84 Å². The van der Waals surface area contributed by atoms with Crippen LogP contribution in [0.5, 0.6) is 0 Å². The number of carbonyl (C=O) groups excluding carboxylic acids is 2. The Labute approximate surface area is 217 Å². The molecular weight excluding hydrogens is 510 g/mol. The minimum absolute atomic E-state index is 0.00316. The SMILES string of the molecule is N#CC1=C(c2ccccc2)/C(=C\c2ccc(-c3cccc([N+](=O)[O-])c3)o2)C(=O)N(C2CCS(=O)(=O)C2)C1=O. The Kier molecular flexibility index (Phi) is 6.26. The van der Waals surface area contributed by atoms with Gasteiger partial charge in [-0.15, -0.1) is 0 Å². The lowest BCUT2D eigenvalue weighted by atomic mass is 9.87. The van der Waals surface area contributed by atoms with Gasteiger partial charge < -0.3 is 4.42 Å². The summed E-state index contributed by atoms with van der Waals surface area (Å²) in [5.41, 5.74) is 0.626. The molecule has 0 radical (unpaired) electrons. The number of nitro groups is 1. The molecule has 10 nitrogen and oxygen atoms in total. The fourth-order valence-electron chi connectivity index (χ4n) is 4.64. The van der Waals surface area contributed by atoms with E-state index in [1.807, 2.05) is 6.07 Å². The number of non-ortho nitro benzene ring substituents is 1. The van der Waals surface area contributed by atoms with Gasteiger partial charge in [0, 0.05) is 23.3 Å². The molecule has 3 aromatic rings. The van der Waals surface area contributed by atoms with Gasteiger partial charge in [0.2, 0.25) is 0 Å². The van der Waals surface area contributed by atoms with Crippen molar-refractivity contribution in [2.45, 2.75) is 12.5 Å². The summed E-state index contributed by atoms with van der Waals surface area (Å²) in [5, 5.41) is 21.1. The first kappa shape index (κ1) is 24.9. The Balaban J connectivity index is 1.64. The molecular formula is C27H19N3O7S. The summed E-state index contributed by atoms with van der Waals surface area (Å²) < 4.78 is 30.1. The lowest BCUT2D eigenvalue weighted by Gasteiger charge is -2.32. The molecule has 2 aliphatic rings. The van der Waals surface area contributed by atoms with Crippen molar-refractivity contribution in [3.63, 3.8) is 0 Å². The van der Waals surface area contributed by atoms with Gasteiger partial charge in [0.1, 0.15) is 23.2 Å². The summed E-state index contributed by atoms with van der Waals surface area (Å²) in [7, 11) is -3.43. The number of amides is 2. The fourth-order valence-corrected chi connectivity index (χ4v) is 6.34. The highest BCUT2D eigenvalue weighted by Crippen LogP contribution is 2.37. The molecule has 3 heterocycles. The van der Waals surface area contributed by atoms with Crippen molar-refractivity contribution in [3.05, 3.63) is 99.3 Å². The van der Waals surface area contributed by atoms with Gasteiger partial charge in [-0.1, -0.05) is 42.5 Å². The van der Waals surface area contributed by atoms with Gasteiger partial charge >= 0.3 is 0 Å². The van der Waals surface area contributed by atoms with Gasteiger partial charge in [-0.25, -0.2) is 8.42 Å². The van der Waals surface area contributed by atoms with E-state index < -0.39 is 32.6 Å². The highest BCUT2D eigenvalue weighted by atomic mass is 32.2. The zero-order chi connectivity index (χ0) is 27.0. The molecule has 0 saturated carbocycles. The Bertz CT molecular complexity index is 1700. The molecule has 2 aliphatic heterocycles. The molecule has 1 unspecified atom stereocenters. The summed E-state index contributed by atoms with van der Waals surface area (Å²) >= 11 is 0. The first-order valence-electron chi connectivity index (χ1n) is 11.5. The number of sulfone groups is 1. The number of rotatable bonds is 5. The molecule has 0 aliphatic carbocycles. The van der Waals surface area contributed by atoms with Crippen molar-refractivity contribution in [1.82, 2.24) is 4.90 Å². The van der Waals surface area contributed by atoms with E-state index >= 15 is 0 Å². The summed E-state index contributed by atoms with van der Waals surface area (Å²) in [6, 6.07) is 18.5. The topological polar surface area (TPSA) is 152 Å². The monoisotopic (exact) mass is 529 g/mol. The normalized spacial score (nSPS) is 20.1. The number of imide groups is 1. The fraction of sp³-hybridized carbons (Fsp3) is 0.148. The predicted octanol–water partition coefficient (Wildman–Crippen LogP) is 3.77. The minimum Gasteiger partial charge on any atom is -0.457 e. The maximum Gasteiger partial charge on any atom is 0.272 e. The number of benzene rings is 2. The number of nitro benzene ring substituents is 1. The van der Waals surface area contributed by atoms with Crippen LogP contribution in [0.15, 0.2) is 82.3 Å². The molecule has 0 N–H and O–H groups in total. The number of nitriles is 1. The second-order valence-corrected chi connectivity index (χ2v) is 11.1. The van der Waals surface area contributed by atoms with Gasteiger partial charge in [-0.3, -0.25) is 24.6 Å². The lowest BCUT2D eigenvalue weighted by Crippen LogP contribution is -2.49. The molecule has 1 atom stereocenters. The van der Waals surface area contributed by atoms with Crippen LogP contribution in [0.2, 0.25) is 0 Å². The van der Waals surface area contributed by atoms with E-state index in [1.54, 1.807) is 48.5 Å². The molecule has 1 saturated heterocycles. The number of carbonyl (C=O) groups is 2. The number of furan rings is 1. The molecule has 0 spiro atoms. The maximum atomic E-state index is 13.8. The molecule has 11 heteroatoms. The first-order valence-corrected chi connectivity index (χ1v) is 13.4. The van der Waals surface area contributed by atoms with E-state index in [-0.39, 0.29) is 46.1 Å². The van der Waals surface area contributed by atoms with Crippen LogP contribution in [-0.4, -0.2) is 47.6 Å². The molecule has 1 aromatic heterocycles. The van der Waals surface area contributed by atoms with Crippen molar-refractivity contribution in [1.29, 1.82) is 5.26 Å². The minimum atomic E-state index is -3.43. The Morgan fingerprint density at radius 3 is 2.42 bits per heavy atom. The van der Waals surface area contributed by atoms with Crippen molar-refractivity contribution in [2.24, 2.45) is 0 Å². The molecule has 38 heavy (non-hydrogen) atoms. The van der Waals surface area contributed by atoms with Crippen LogP contribution in [0.25, 0.3) is 23.0 Å². The average molecular weight is 530 g/mol. The third-order valence-electron chi connectivity index (χ3n) is 6.40. The van der Waals surface area contributed by atoms with E-state index in [2.05, 4.69) is 0 Å². The second-order valence-electron chi connectivity index (χ2n) is 8.83. The number of nitrogens with zero attached hydrogens (tertiary/aromatic N) is 3. The van der Waals surface area contributed by atoms with Crippen LogP contribution in [0.4, 0.5) is 5.69 Å². The van der Waals surface area contributed by atoms with Crippen LogP contribution >= 0.6 is 0 Å². The quantitative estimate of drug-likeness (QED) is 0.210. The summed E-state index contributed by atoms with van der Waals surface area (Å²) in [6.45, 7) is 0. The van der Waals surface area contributed by atoms with Crippen molar-refractivity contribution >= 4 is 39.0 Å². The summed E-state index contributed by atoms with van der Waals surface area (Å²) in [4.78, 5) is 38.6. The van der Waals surface area contributed by atoms with E-state index in [4.69, 9.17) is 4.42 Å². The Hall–Kier alpha value is -4.82. The zero-order valence-electron chi connectivity index (χ0n) is 19.7. The summed E-state index contributed by atoms with van der Waals surface area (Å²) in [5.74, 6) is -1.58. The third-order valence-corrected chi connectivity index (χ3v) is 8.15. The second kappa shape index (κ2) is 9.57.